The van der Waals surface area contributed by atoms with Crippen molar-refractivity contribution in [2.75, 3.05) is 6.67 Å². The Balaban J connectivity index is 0.000000133. The SMILES string of the molecule is C[CH]CCCC.[Cl][Zn]1[N]2C=C[N]1C2. The first-order valence-electron chi connectivity index (χ1n) is 5.07. The van der Waals surface area contributed by atoms with Gasteiger partial charge < -0.3 is 0 Å². The number of halogens is 1. The number of hydrogen-bond acceptors (Lipinski definition) is 2. The summed E-state index contributed by atoms with van der Waals surface area (Å²) in [5.74, 6) is 0. The molecular formula is C9H17ClN2Zn. The standard InChI is InChI=1S/C6H13.C3H4N2.ClH.Zn/c1-3-5-6-4-2;1-2-5-3-4-1;;/h3H,4-6H2,1-2H3;1-2H,3H2;1H;/q;-2;;+3/p-1. The summed E-state index contributed by atoms with van der Waals surface area (Å²) >= 11 is -1.60. The van der Waals surface area contributed by atoms with Crippen LogP contribution in [0.4, 0.5) is 0 Å². The molecule has 0 unspecified atom stereocenters. The topological polar surface area (TPSA) is 6.48 Å². The molecule has 1 saturated heterocycles. The molecule has 72 valence electrons. The number of hydrogen-bond donors (Lipinski definition) is 0. The fourth-order valence-electron chi connectivity index (χ4n) is 1.37. The van der Waals surface area contributed by atoms with Gasteiger partial charge in [0, 0.05) is 0 Å². The van der Waals surface area contributed by atoms with E-state index < -0.39 is 15.4 Å². The molecule has 0 aromatic rings. The molecule has 3 rings (SSSR count). The summed E-state index contributed by atoms with van der Waals surface area (Å²) in [6.07, 6.45) is 10.4. The van der Waals surface area contributed by atoms with Crippen LogP contribution < -0.4 is 0 Å². The van der Waals surface area contributed by atoms with E-state index in [0.29, 0.717) is 0 Å². The Bertz CT molecular complexity index is 159. The van der Waals surface area contributed by atoms with Crippen molar-refractivity contribution in [3.8, 4) is 0 Å². The molecule has 1 radical (unpaired) electrons. The predicted molar refractivity (Wildman–Crippen MR) is 53.0 cm³/mol. The van der Waals surface area contributed by atoms with E-state index in [2.05, 4.69) is 40.0 Å². The van der Waals surface area contributed by atoms with Crippen LogP contribution >= 0.6 is 9.69 Å². The normalized spacial score (nSPS) is 17.0. The zero-order valence-corrected chi connectivity index (χ0v) is 12.3. The van der Waals surface area contributed by atoms with Gasteiger partial charge in [0.1, 0.15) is 0 Å². The molecule has 1 fully saturated rings. The molecule has 13 heavy (non-hydrogen) atoms. The molecule has 0 aromatic heterocycles. The third-order valence-corrected chi connectivity index (χ3v) is 10.1. The van der Waals surface area contributed by atoms with Crippen molar-refractivity contribution in [2.24, 2.45) is 0 Å². The fraction of sp³-hybridized carbons (Fsp3) is 0.667. The molecule has 0 amide bonds. The average molecular weight is 254 g/mol. The minimum absolute atomic E-state index is 1.09. The number of rotatable bonds is 3. The van der Waals surface area contributed by atoms with Gasteiger partial charge in [0.05, 0.1) is 0 Å². The van der Waals surface area contributed by atoms with Gasteiger partial charge in [-0.3, -0.25) is 0 Å². The molecule has 2 bridgehead atoms. The van der Waals surface area contributed by atoms with Crippen LogP contribution in [-0.4, -0.2) is 14.0 Å². The molecule has 4 heteroatoms. The summed E-state index contributed by atoms with van der Waals surface area (Å²) in [5, 5.41) is 0. The Morgan fingerprint density at radius 3 is 2.23 bits per heavy atom. The quantitative estimate of drug-likeness (QED) is 0.564. The Morgan fingerprint density at radius 1 is 1.46 bits per heavy atom. The molecule has 3 aliphatic rings. The molecule has 0 spiro atoms. The maximum atomic E-state index is 5.91. The van der Waals surface area contributed by atoms with Crippen LogP contribution in [0.1, 0.15) is 33.1 Å². The maximum absolute atomic E-state index is 5.91. The molecule has 2 nitrogen and oxygen atoms in total. The van der Waals surface area contributed by atoms with Crippen molar-refractivity contribution < 1.29 is 15.4 Å². The van der Waals surface area contributed by atoms with E-state index in [4.69, 9.17) is 9.69 Å². The van der Waals surface area contributed by atoms with E-state index in [-0.39, 0.29) is 0 Å². The van der Waals surface area contributed by atoms with E-state index in [1.54, 1.807) is 0 Å². The van der Waals surface area contributed by atoms with Crippen LogP contribution in [0.5, 0.6) is 0 Å². The Labute approximate surface area is 91.0 Å². The molecule has 3 heterocycles. The summed E-state index contributed by atoms with van der Waals surface area (Å²) in [6.45, 7) is 5.41. The van der Waals surface area contributed by atoms with E-state index in [1.165, 1.54) is 19.3 Å². The Hall–Kier alpha value is 0.253. The summed E-state index contributed by atoms with van der Waals surface area (Å²) in [4.78, 5) is 0. The van der Waals surface area contributed by atoms with Crippen molar-refractivity contribution in [1.82, 2.24) is 7.29 Å². The molecule has 0 saturated carbocycles. The first-order chi connectivity index (χ1) is 6.29. The molecule has 0 aromatic carbocycles. The van der Waals surface area contributed by atoms with Gasteiger partial charge in [-0.25, -0.2) is 0 Å². The van der Waals surface area contributed by atoms with Gasteiger partial charge in [0.2, 0.25) is 0 Å². The van der Waals surface area contributed by atoms with Gasteiger partial charge in [0.15, 0.2) is 0 Å². The van der Waals surface area contributed by atoms with Gasteiger partial charge in [-0.1, -0.05) is 33.1 Å². The van der Waals surface area contributed by atoms with Crippen LogP contribution in [0.25, 0.3) is 0 Å². The van der Waals surface area contributed by atoms with Gasteiger partial charge in [-0.15, -0.1) is 0 Å². The molecule has 3 aliphatic heterocycles. The van der Waals surface area contributed by atoms with Crippen molar-refractivity contribution in [3.63, 3.8) is 0 Å². The molecule has 0 aliphatic carbocycles. The number of unbranched alkanes of at least 4 members (excludes halogenated alkanes) is 3. The minimum atomic E-state index is -1.60. The van der Waals surface area contributed by atoms with Crippen LogP contribution in [-0.2, 0) is 15.4 Å². The third-order valence-electron chi connectivity index (χ3n) is 2.37. The second-order valence-corrected chi connectivity index (χ2v) is 11.0. The van der Waals surface area contributed by atoms with Crippen molar-refractivity contribution in [3.05, 3.63) is 18.8 Å². The summed E-state index contributed by atoms with van der Waals surface area (Å²) in [5.41, 5.74) is 0. The van der Waals surface area contributed by atoms with Crippen LogP contribution in [0.15, 0.2) is 12.4 Å². The average Bonchev–Trinajstić information content (AvgIpc) is 2.76. The van der Waals surface area contributed by atoms with Gasteiger partial charge in [0.25, 0.3) is 0 Å². The fourth-order valence-corrected chi connectivity index (χ4v) is 6.01. The van der Waals surface area contributed by atoms with E-state index >= 15 is 0 Å². The van der Waals surface area contributed by atoms with Gasteiger partial charge in [-0.05, 0) is 6.42 Å². The number of nitrogens with zero attached hydrogens (tertiary/aromatic N) is 2. The second kappa shape index (κ2) is 5.87. The van der Waals surface area contributed by atoms with Crippen LogP contribution in [0.2, 0.25) is 0 Å². The Kier molecular flexibility index (Phi) is 5.12. The predicted octanol–water partition coefficient (Wildman–Crippen LogP) is 3.05. The second-order valence-electron chi connectivity index (χ2n) is 3.55. The van der Waals surface area contributed by atoms with Crippen molar-refractivity contribution in [2.45, 2.75) is 33.1 Å². The third kappa shape index (κ3) is 3.14. The van der Waals surface area contributed by atoms with Crippen LogP contribution in [0, 0.1) is 6.42 Å². The van der Waals surface area contributed by atoms with E-state index in [0.717, 1.165) is 6.67 Å². The first-order valence-corrected chi connectivity index (χ1v) is 11.6. The molecular weight excluding hydrogens is 237 g/mol. The zero-order valence-electron chi connectivity index (χ0n) is 8.54. The van der Waals surface area contributed by atoms with Crippen molar-refractivity contribution >= 4 is 9.69 Å². The monoisotopic (exact) mass is 252 g/mol. The zero-order chi connectivity index (χ0) is 9.68. The molecule has 0 N–H and O–H groups in total. The van der Waals surface area contributed by atoms with E-state index in [9.17, 15) is 0 Å². The van der Waals surface area contributed by atoms with Gasteiger partial charge in [-0.2, -0.15) is 0 Å². The summed E-state index contributed by atoms with van der Waals surface area (Å²) in [6, 6.07) is 0. The van der Waals surface area contributed by atoms with Crippen molar-refractivity contribution in [1.29, 1.82) is 0 Å². The first kappa shape index (κ1) is 11.3. The Morgan fingerprint density at radius 2 is 2.08 bits per heavy atom. The van der Waals surface area contributed by atoms with E-state index in [1.807, 2.05) is 0 Å². The molecule has 0 atom stereocenters. The van der Waals surface area contributed by atoms with Crippen LogP contribution in [0.3, 0.4) is 0 Å². The summed E-state index contributed by atoms with van der Waals surface area (Å²) in [7, 11) is 5.91. The van der Waals surface area contributed by atoms with Gasteiger partial charge >= 0.3 is 51.5 Å². The summed E-state index contributed by atoms with van der Waals surface area (Å²) < 4.78 is 4.53.